The van der Waals surface area contributed by atoms with Crippen LogP contribution < -0.4 is 5.32 Å². The van der Waals surface area contributed by atoms with Gasteiger partial charge in [-0.1, -0.05) is 0 Å². The standard InChI is InChI=1S/C10H21NO5S2.Na.H/c1-10(2,3)16-9(12)11-8(5-6-17-4)7-18(13,14)15;;/h8H,5-7H2,1-4H3,(H,11,12)(H,13,14,15);;/t8-;;/m0../s1. The van der Waals surface area contributed by atoms with Crippen LogP contribution in [0, 0.1) is 0 Å². The Labute approximate surface area is 141 Å². The topological polar surface area (TPSA) is 92.7 Å². The first kappa shape index (κ1) is 21.8. The van der Waals surface area contributed by atoms with Gasteiger partial charge < -0.3 is 10.1 Å². The van der Waals surface area contributed by atoms with Gasteiger partial charge in [-0.2, -0.15) is 20.2 Å². The quantitative estimate of drug-likeness (QED) is 0.557. The molecule has 0 unspecified atom stereocenters. The average Bonchev–Trinajstić information content (AvgIpc) is 2.08. The van der Waals surface area contributed by atoms with E-state index in [1.807, 2.05) is 6.26 Å². The van der Waals surface area contributed by atoms with Gasteiger partial charge in [0.25, 0.3) is 10.1 Å². The van der Waals surface area contributed by atoms with Crippen molar-refractivity contribution in [2.75, 3.05) is 17.8 Å². The Morgan fingerprint density at radius 1 is 1.42 bits per heavy atom. The third-order valence-corrected chi connectivity index (χ3v) is 3.27. The van der Waals surface area contributed by atoms with Gasteiger partial charge in [0.15, 0.2) is 0 Å². The molecule has 2 N–H and O–H groups in total. The van der Waals surface area contributed by atoms with Gasteiger partial charge in [-0.05, 0) is 39.2 Å². The monoisotopic (exact) mass is 323 g/mol. The zero-order chi connectivity index (χ0) is 14.4. The Morgan fingerprint density at radius 2 is 1.95 bits per heavy atom. The number of amides is 1. The molecule has 0 saturated heterocycles. The molecule has 0 aromatic heterocycles. The number of rotatable bonds is 6. The average molecular weight is 323 g/mol. The van der Waals surface area contributed by atoms with Crippen LogP contribution in [0.1, 0.15) is 27.2 Å². The molecule has 1 amide bonds. The molecular formula is C10H22NNaO5S2. The molecule has 0 aliphatic rings. The second-order valence-electron chi connectivity index (χ2n) is 4.87. The predicted molar refractivity (Wildman–Crippen MR) is 79.7 cm³/mol. The summed E-state index contributed by atoms with van der Waals surface area (Å²) in [6, 6.07) is -0.651. The molecule has 1 atom stereocenters. The van der Waals surface area contributed by atoms with Gasteiger partial charge in [-0.25, -0.2) is 4.79 Å². The number of thioether (sulfide) groups is 1. The molecule has 0 aliphatic carbocycles. The van der Waals surface area contributed by atoms with Crippen LogP contribution in [-0.2, 0) is 14.9 Å². The molecule has 0 radical (unpaired) electrons. The van der Waals surface area contributed by atoms with Crippen molar-refractivity contribution in [1.29, 1.82) is 0 Å². The number of carbonyl (C=O) groups excluding carboxylic acids is 1. The molecule has 0 spiro atoms. The minimum atomic E-state index is -4.12. The Bertz CT molecular complexity index is 367. The van der Waals surface area contributed by atoms with Crippen molar-refractivity contribution < 1.29 is 22.5 Å². The molecular weight excluding hydrogens is 301 g/mol. The SMILES string of the molecule is CSCC[C@@H](CS(=O)(=O)O)NC(=O)OC(C)(C)C.[NaH]. The van der Waals surface area contributed by atoms with E-state index in [2.05, 4.69) is 5.32 Å². The van der Waals surface area contributed by atoms with Gasteiger partial charge in [0.1, 0.15) is 5.60 Å². The molecule has 0 saturated carbocycles. The van der Waals surface area contributed by atoms with Crippen molar-refractivity contribution in [3.05, 3.63) is 0 Å². The number of hydrogen-bond acceptors (Lipinski definition) is 5. The summed E-state index contributed by atoms with van der Waals surface area (Å²) in [6.07, 6.45) is 1.63. The second-order valence-corrected chi connectivity index (χ2v) is 7.36. The molecule has 6 nitrogen and oxygen atoms in total. The molecule has 9 heteroatoms. The van der Waals surface area contributed by atoms with Gasteiger partial charge in [-0.3, -0.25) is 4.55 Å². The summed E-state index contributed by atoms with van der Waals surface area (Å²) in [6.45, 7) is 5.14. The summed E-state index contributed by atoms with van der Waals surface area (Å²) in [7, 11) is -4.12. The second kappa shape index (κ2) is 9.46. The van der Waals surface area contributed by atoms with Gasteiger partial charge in [-0.15, -0.1) is 0 Å². The van der Waals surface area contributed by atoms with Crippen LogP contribution in [0.2, 0.25) is 0 Å². The van der Waals surface area contributed by atoms with Crippen LogP contribution in [-0.4, -0.2) is 78.0 Å². The van der Waals surface area contributed by atoms with Crippen molar-refractivity contribution in [1.82, 2.24) is 5.32 Å². The van der Waals surface area contributed by atoms with E-state index in [0.29, 0.717) is 12.2 Å². The Balaban J connectivity index is 0. The molecule has 0 aromatic carbocycles. The van der Waals surface area contributed by atoms with Crippen LogP contribution in [0.3, 0.4) is 0 Å². The van der Waals surface area contributed by atoms with Crippen LogP contribution >= 0.6 is 11.8 Å². The molecule has 0 bridgehead atoms. The Morgan fingerprint density at radius 3 is 2.32 bits per heavy atom. The summed E-state index contributed by atoms with van der Waals surface area (Å²) in [5.74, 6) is 0.169. The zero-order valence-corrected chi connectivity index (χ0v) is 12.7. The van der Waals surface area contributed by atoms with Crippen LogP contribution in [0.4, 0.5) is 4.79 Å². The normalized spacial score (nSPS) is 13.3. The molecule has 110 valence electrons. The molecule has 19 heavy (non-hydrogen) atoms. The fourth-order valence-electron chi connectivity index (χ4n) is 1.19. The summed E-state index contributed by atoms with van der Waals surface area (Å²) < 4.78 is 35.5. The molecule has 0 rings (SSSR count). The van der Waals surface area contributed by atoms with E-state index in [1.165, 1.54) is 11.8 Å². The van der Waals surface area contributed by atoms with Gasteiger partial charge in [0.2, 0.25) is 0 Å². The van der Waals surface area contributed by atoms with E-state index in [0.717, 1.165) is 0 Å². The maximum atomic E-state index is 11.5. The van der Waals surface area contributed by atoms with E-state index in [-0.39, 0.29) is 29.6 Å². The maximum absolute atomic E-state index is 11.5. The molecule has 0 fully saturated rings. The number of carbonyl (C=O) groups is 1. The van der Waals surface area contributed by atoms with E-state index in [4.69, 9.17) is 9.29 Å². The number of alkyl carbamates (subject to hydrolysis) is 1. The number of ether oxygens (including phenoxy) is 1. The van der Waals surface area contributed by atoms with Crippen molar-refractivity contribution in [3.8, 4) is 0 Å². The summed E-state index contributed by atoms with van der Waals surface area (Å²) in [5.41, 5.74) is -0.647. The first-order valence-electron chi connectivity index (χ1n) is 5.47. The van der Waals surface area contributed by atoms with Crippen molar-refractivity contribution in [3.63, 3.8) is 0 Å². The summed E-state index contributed by atoms with van der Waals surface area (Å²) in [5, 5.41) is 2.45. The fourth-order valence-corrected chi connectivity index (χ4v) is 2.46. The Hall–Kier alpha value is 0.530. The Kier molecular flexibility index (Phi) is 10.9. The summed E-state index contributed by atoms with van der Waals surface area (Å²) in [4.78, 5) is 11.5. The molecule has 0 aromatic rings. The predicted octanol–water partition coefficient (Wildman–Crippen LogP) is 0.872. The first-order chi connectivity index (χ1) is 8.03. The third kappa shape index (κ3) is 14.7. The zero-order valence-electron chi connectivity index (χ0n) is 11.1. The van der Waals surface area contributed by atoms with E-state index in [9.17, 15) is 13.2 Å². The van der Waals surface area contributed by atoms with Crippen LogP contribution in [0.25, 0.3) is 0 Å². The van der Waals surface area contributed by atoms with Gasteiger partial charge in [0.05, 0.1) is 5.75 Å². The third-order valence-electron chi connectivity index (χ3n) is 1.80. The molecule has 0 heterocycles. The number of nitrogens with one attached hydrogen (secondary N) is 1. The van der Waals surface area contributed by atoms with E-state index < -0.39 is 33.6 Å². The van der Waals surface area contributed by atoms with E-state index >= 15 is 0 Å². The van der Waals surface area contributed by atoms with Crippen LogP contribution in [0.15, 0.2) is 0 Å². The summed E-state index contributed by atoms with van der Waals surface area (Å²) >= 11 is 1.53. The number of hydrogen-bond donors (Lipinski definition) is 2. The van der Waals surface area contributed by atoms with Crippen molar-refractivity contribution >= 4 is 57.5 Å². The molecule has 0 aliphatic heterocycles. The van der Waals surface area contributed by atoms with Crippen LogP contribution in [0.5, 0.6) is 0 Å². The minimum absolute atomic E-state index is 0. The fraction of sp³-hybridized carbons (Fsp3) is 0.900. The van der Waals surface area contributed by atoms with Gasteiger partial charge >= 0.3 is 35.7 Å². The van der Waals surface area contributed by atoms with Gasteiger partial charge in [0, 0.05) is 6.04 Å². The van der Waals surface area contributed by atoms with E-state index in [1.54, 1.807) is 20.8 Å². The first-order valence-corrected chi connectivity index (χ1v) is 8.47. The van der Waals surface area contributed by atoms with Crippen molar-refractivity contribution in [2.24, 2.45) is 0 Å². The van der Waals surface area contributed by atoms with Crippen molar-refractivity contribution in [2.45, 2.75) is 38.8 Å².